The maximum atomic E-state index is 11.8. The van der Waals surface area contributed by atoms with Gasteiger partial charge in [-0.2, -0.15) is 0 Å². The lowest BCUT2D eigenvalue weighted by atomic mass is 10.2. The summed E-state index contributed by atoms with van der Waals surface area (Å²) in [6.07, 6.45) is 0. The monoisotopic (exact) mass is 419 g/mol. The molecule has 2 aromatic carbocycles. The standard InChI is InChI=1S/C17H16Cl3NOS2/c18-13-2-4-14(5-3-13)24-8-7-21-17(22)11-23-10-12-1-6-15(19)16(20)9-12/h1-6,9H,7-8,10-11H2,(H,21,22). The maximum absolute atomic E-state index is 11.8. The van der Waals surface area contributed by atoms with Gasteiger partial charge < -0.3 is 5.32 Å². The smallest absolute Gasteiger partial charge is 0.230 e. The van der Waals surface area contributed by atoms with E-state index < -0.39 is 0 Å². The Balaban J connectivity index is 1.59. The molecule has 0 spiro atoms. The van der Waals surface area contributed by atoms with Crippen molar-refractivity contribution in [3.8, 4) is 0 Å². The molecule has 1 N–H and O–H groups in total. The summed E-state index contributed by atoms with van der Waals surface area (Å²) in [5.41, 5.74) is 1.06. The molecule has 1 amide bonds. The van der Waals surface area contributed by atoms with E-state index in [9.17, 15) is 4.79 Å². The highest BCUT2D eigenvalue weighted by Crippen LogP contribution is 2.24. The Hall–Kier alpha value is -0.520. The summed E-state index contributed by atoms with van der Waals surface area (Å²) in [5, 5.41) is 4.73. The second kappa shape index (κ2) is 10.5. The highest BCUT2D eigenvalue weighted by atomic mass is 35.5. The first-order valence-electron chi connectivity index (χ1n) is 7.21. The largest absolute Gasteiger partial charge is 0.355 e. The van der Waals surface area contributed by atoms with Crippen molar-refractivity contribution in [3.05, 3.63) is 63.1 Å². The first-order chi connectivity index (χ1) is 11.5. The van der Waals surface area contributed by atoms with Gasteiger partial charge in [-0.1, -0.05) is 40.9 Å². The first-order valence-corrected chi connectivity index (χ1v) is 10.5. The summed E-state index contributed by atoms with van der Waals surface area (Å²) in [4.78, 5) is 12.9. The summed E-state index contributed by atoms with van der Waals surface area (Å²) in [6, 6.07) is 13.2. The maximum Gasteiger partial charge on any atom is 0.230 e. The molecule has 2 nitrogen and oxygen atoms in total. The molecule has 24 heavy (non-hydrogen) atoms. The molecule has 0 saturated heterocycles. The van der Waals surface area contributed by atoms with Gasteiger partial charge >= 0.3 is 0 Å². The minimum atomic E-state index is 0.0387. The number of hydrogen-bond acceptors (Lipinski definition) is 3. The van der Waals surface area contributed by atoms with Gasteiger partial charge in [0, 0.05) is 28.0 Å². The van der Waals surface area contributed by atoms with E-state index in [0.29, 0.717) is 22.3 Å². The molecule has 7 heteroatoms. The Morgan fingerprint density at radius 3 is 2.46 bits per heavy atom. The van der Waals surface area contributed by atoms with Crippen molar-refractivity contribution in [1.82, 2.24) is 5.32 Å². The van der Waals surface area contributed by atoms with E-state index in [0.717, 1.165) is 27.0 Å². The lowest BCUT2D eigenvalue weighted by molar-refractivity contribution is -0.118. The second-order valence-electron chi connectivity index (χ2n) is 4.89. The van der Waals surface area contributed by atoms with Crippen LogP contribution < -0.4 is 5.32 Å². The van der Waals surface area contributed by atoms with Gasteiger partial charge in [0.05, 0.1) is 15.8 Å². The van der Waals surface area contributed by atoms with Gasteiger partial charge in [-0.3, -0.25) is 4.79 Å². The molecule has 0 bridgehead atoms. The zero-order chi connectivity index (χ0) is 17.4. The van der Waals surface area contributed by atoms with Gasteiger partial charge in [0.1, 0.15) is 0 Å². The van der Waals surface area contributed by atoms with E-state index >= 15 is 0 Å². The Kier molecular flexibility index (Phi) is 8.63. The molecule has 0 saturated carbocycles. The Morgan fingerprint density at radius 1 is 1.00 bits per heavy atom. The van der Waals surface area contributed by atoms with Crippen LogP contribution in [0.15, 0.2) is 47.4 Å². The second-order valence-corrected chi connectivity index (χ2v) is 8.30. The van der Waals surface area contributed by atoms with E-state index in [-0.39, 0.29) is 5.91 Å². The number of carbonyl (C=O) groups is 1. The number of carbonyl (C=O) groups excluding carboxylic acids is 1. The molecule has 0 atom stereocenters. The summed E-state index contributed by atoms with van der Waals surface area (Å²) >= 11 is 20.9. The summed E-state index contributed by atoms with van der Waals surface area (Å²) in [5.74, 6) is 2.01. The van der Waals surface area contributed by atoms with E-state index in [4.69, 9.17) is 34.8 Å². The molecule has 0 radical (unpaired) electrons. The van der Waals surface area contributed by atoms with Crippen LogP contribution in [-0.2, 0) is 10.5 Å². The summed E-state index contributed by atoms with van der Waals surface area (Å²) < 4.78 is 0. The minimum absolute atomic E-state index is 0.0387. The van der Waals surface area contributed by atoms with Crippen molar-refractivity contribution in [2.75, 3.05) is 18.1 Å². The Morgan fingerprint density at radius 2 is 1.75 bits per heavy atom. The van der Waals surface area contributed by atoms with Gasteiger partial charge in [0.25, 0.3) is 0 Å². The first kappa shape index (κ1) is 19.8. The van der Waals surface area contributed by atoms with Gasteiger partial charge in [-0.25, -0.2) is 0 Å². The van der Waals surface area contributed by atoms with E-state index in [1.165, 1.54) is 0 Å². The number of amides is 1. The Bertz CT molecular complexity index is 680. The molecule has 128 valence electrons. The average molecular weight is 421 g/mol. The van der Waals surface area contributed by atoms with Crippen LogP contribution in [0.4, 0.5) is 0 Å². The average Bonchev–Trinajstić information content (AvgIpc) is 2.56. The predicted molar refractivity (Wildman–Crippen MR) is 108 cm³/mol. The normalized spacial score (nSPS) is 10.6. The molecule has 0 aliphatic heterocycles. The minimum Gasteiger partial charge on any atom is -0.355 e. The zero-order valence-electron chi connectivity index (χ0n) is 12.7. The molecular weight excluding hydrogens is 405 g/mol. The molecule has 2 rings (SSSR count). The topological polar surface area (TPSA) is 29.1 Å². The molecule has 0 unspecified atom stereocenters. The fourth-order valence-corrected chi connectivity index (χ4v) is 3.85. The number of hydrogen-bond donors (Lipinski definition) is 1. The quantitative estimate of drug-likeness (QED) is 0.433. The molecule has 0 aliphatic carbocycles. The van der Waals surface area contributed by atoms with Crippen molar-refractivity contribution in [1.29, 1.82) is 0 Å². The highest BCUT2D eigenvalue weighted by Gasteiger charge is 2.04. The van der Waals surface area contributed by atoms with Crippen LogP contribution in [0.1, 0.15) is 5.56 Å². The van der Waals surface area contributed by atoms with Crippen molar-refractivity contribution in [2.24, 2.45) is 0 Å². The van der Waals surface area contributed by atoms with Crippen LogP contribution in [0.2, 0.25) is 15.1 Å². The highest BCUT2D eigenvalue weighted by molar-refractivity contribution is 7.99. The van der Waals surface area contributed by atoms with Crippen molar-refractivity contribution in [2.45, 2.75) is 10.6 Å². The third-order valence-electron chi connectivity index (χ3n) is 2.99. The van der Waals surface area contributed by atoms with Crippen molar-refractivity contribution in [3.63, 3.8) is 0 Å². The number of nitrogens with one attached hydrogen (secondary N) is 1. The van der Waals surface area contributed by atoms with Crippen LogP contribution >= 0.6 is 58.3 Å². The van der Waals surface area contributed by atoms with E-state index in [2.05, 4.69) is 5.32 Å². The summed E-state index contributed by atoms with van der Waals surface area (Å²) in [6.45, 7) is 0.638. The number of halogens is 3. The van der Waals surface area contributed by atoms with Crippen LogP contribution in [-0.4, -0.2) is 24.0 Å². The van der Waals surface area contributed by atoms with E-state index in [1.807, 2.05) is 36.4 Å². The molecule has 2 aromatic rings. The van der Waals surface area contributed by atoms with Crippen LogP contribution in [0.25, 0.3) is 0 Å². The Labute approximate surface area is 165 Å². The van der Waals surface area contributed by atoms with Gasteiger partial charge in [0.15, 0.2) is 0 Å². The SMILES string of the molecule is O=C(CSCc1ccc(Cl)c(Cl)c1)NCCSc1ccc(Cl)cc1. The number of benzene rings is 2. The number of rotatable bonds is 8. The fraction of sp³-hybridized carbons (Fsp3) is 0.235. The van der Waals surface area contributed by atoms with Crippen LogP contribution in [0.3, 0.4) is 0 Å². The van der Waals surface area contributed by atoms with Crippen LogP contribution in [0, 0.1) is 0 Å². The van der Waals surface area contributed by atoms with E-state index in [1.54, 1.807) is 29.6 Å². The zero-order valence-corrected chi connectivity index (χ0v) is 16.6. The van der Waals surface area contributed by atoms with Gasteiger partial charge in [-0.05, 0) is 42.0 Å². The lowest BCUT2D eigenvalue weighted by Crippen LogP contribution is -2.27. The predicted octanol–water partition coefficient (Wildman–Crippen LogP) is 5.79. The third kappa shape index (κ3) is 7.16. The molecule has 0 aromatic heterocycles. The molecule has 0 fully saturated rings. The number of thioether (sulfide) groups is 2. The van der Waals surface area contributed by atoms with Crippen LogP contribution in [0.5, 0.6) is 0 Å². The molecular formula is C17H16Cl3NOS2. The lowest BCUT2D eigenvalue weighted by Gasteiger charge is -2.06. The fourth-order valence-electron chi connectivity index (χ4n) is 1.83. The third-order valence-corrected chi connectivity index (χ3v) is 6.00. The molecule has 0 aliphatic rings. The van der Waals surface area contributed by atoms with Gasteiger partial charge in [0.2, 0.25) is 5.91 Å². The van der Waals surface area contributed by atoms with Gasteiger partial charge in [-0.15, -0.1) is 23.5 Å². The molecule has 0 heterocycles. The van der Waals surface area contributed by atoms with Crippen molar-refractivity contribution < 1.29 is 4.79 Å². The van der Waals surface area contributed by atoms with Crippen molar-refractivity contribution >= 4 is 64.2 Å². The summed E-state index contributed by atoms with van der Waals surface area (Å²) in [7, 11) is 0.